The second-order valence-corrected chi connectivity index (χ2v) is 4.94. The normalized spacial score (nSPS) is 13.2. The lowest BCUT2D eigenvalue weighted by Gasteiger charge is -2.22. The highest BCUT2D eigenvalue weighted by Gasteiger charge is 2.35. The van der Waals surface area contributed by atoms with Crippen LogP contribution in [0.15, 0.2) is 42.7 Å². The van der Waals surface area contributed by atoms with Crippen LogP contribution in [0.2, 0.25) is 5.02 Å². The van der Waals surface area contributed by atoms with Crippen molar-refractivity contribution in [2.75, 3.05) is 6.54 Å². The molecular weight excluding hydrogens is 301 g/mol. The van der Waals surface area contributed by atoms with Crippen molar-refractivity contribution in [3.63, 3.8) is 0 Å². The zero-order valence-corrected chi connectivity index (χ0v) is 12.0. The third-order valence-corrected chi connectivity index (χ3v) is 3.29. The third kappa shape index (κ3) is 3.74. The Morgan fingerprint density at radius 1 is 1.29 bits per heavy atom. The Bertz CT molecular complexity index is 614. The van der Waals surface area contributed by atoms with E-state index < -0.39 is 17.8 Å². The van der Waals surface area contributed by atoms with Gasteiger partial charge >= 0.3 is 6.18 Å². The van der Waals surface area contributed by atoms with E-state index in [1.165, 1.54) is 6.20 Å². The van der Waals surface area contributed by atoms with Crippen LogP contribution in [-0.2, 0) is 6.18 Å². The number of hydrogen-bond acceptors (Lipinski definition) is 2. The van der Waals surface area contributed by atoms with Crippen molar-refractivity contribution < 1.29 is 13.2 Å². The third-order valence-electron chi connectivity index (χ3n) is 3.06. The molecule has 21 heavy (non-hydrogen) atoms. The van der Waals surface area contributed by atoms with E-state index in [1.807, 2.05) is 6.92 Å². The molecule has 6 heteroatoms. The Balaban J connectivity index is 2.54. The van der Waals surface area contributed by atoms with E-state index in [0.29, 0.717) is 17.1 Å². The molecule has 0 bridgehead atoms. The number of nitrogens with one attached hydrogen (secondary N) is 1. The zero-order chi connectivity index (χ0) is 15.5. The van der Waals surface area contributed by atoms with E-state index in [2.05, 4.69) is 10.3 Å². The number of alkyl halides is 3. The monoisotopic (exact) mass is 314 g/mol. The average Bonchev–Trinajstić information content (AvgIpc) is 2.44. The summed E-state index contributed by atoms with van der Waals surface area (Å²) in [4.78, 5) is 3.84. The van der Waals surface area contributed by atoms with E-state index in [4.69, 9.17) is 11.6 Å². The van der Waals surface area contributed by atoms with Crippen molar-refractivity contribution in [3.05, 3.63) is 64.4 Å². The fourth-order valence-corrected chi connectivity index (χ4v) is 2.39. The van der Waals surface area contributed by atoms with Gasteiger partial charge in [0.2, 0.25) is 0 Å². The minimum atomic E-state index is -4.43. The van der Waals surface area contributed by atoms with Gasteiger partial charge in [0, 0.05) is 23.0 Å². The summed E-state index contributed by atoms with van der Waals surface area (Å²) < 4.78 is 39.5. The van der Waals surface area contributed by atoms with Gasteiger partial charge in [-0.3, -0.25) is 4.98 Å². The van der Waals surface area contributed by atoms with Crippen molar-refractivity contribution in [2.45, 2.75) is 19.1 Å². The van der Waals surface area contributed by atoms with Crippen molar-refractivity contribution in [1.82, 2.24) is 10.3 Å². The first kappa shape index (κ1) is 15.8. The molecule has 2 nitrogen and oxygen atoms in total. The first-order chi connectivity index (χ1) is 9.93. The summed E-state index contributed by atoms with van der Waals surface area (Å²) in [6.07, 6.45) is -2.03. The highest BCUT2D eigenvalue weighted by Crippen LogP contribution is 2.36. The Morgan fingerprint density at radius 2 is 2.05 bits per heavy atom. The molecule has 2 aromatic rings. The van der Waals surface area contributed by atoms with E-state index >= 15 is 0 Å². The van der Waals surface area contributed by atoms with Crippen LogP contribution in [-0.4, -0.2) is 11.5 Å². The molecule has 0 spiro atoms. The second-order valence-electron chi connectivity index (χ2n) is 4.51. The van der Waals surface area contributed by atoms with Crippen molar-refractivity contribution in [3.8, 4) is 0 Å². The van der Waals surface area contributed by atoms with E-state index in [1.54, 1.807) is 24.3 Å². The molecule has 1 atom stereocenters. The van der Waals surface area contributed by atoms with E-state index in [9.17, 15) is 13.2 Å². The number of aromatic nitrogens is 1. The van der Waals surface area contributed by atoms with E-state index in [-0.39, 0.29) is 5.56 Å². The molecule has 2 rings (SSSR count). The smallest absolute Gasteiger partial charge is 0.306 e. The summed E-state index contributed by atoms with van der Waals surface area (Å²) in [6.45, 7) is 2.35. The maximum Gasteiger partial charge on any atom is 0.416 e. The molecule has 1 aromatic heterocycles. The van der Waals surface area contributed by atoms with Gasteiger partial charge in [-0.2, -0.15) is 13.2 Å². The number of rotatable bonds is 4. The van der Waals surface area contributed by atoms with E-state index in [0.717, 1.165) is 12.3 Å². The first-order valence-electron chi connectivity index (χ1n) is 6.43. The summed E-state index contributed by atoms with van der Waals surface area (Å²) in [7, 11) is 0. The molecule has 1 N–H and O–H groups in total. The lowest BCUT2D eigenvalue weighted by molar-refractivity contribution is -0.138. The topological polar surface area (TPSA) is 24.9 Å². The number of pyridine rings is 1. The summed E-state index contributed by atoms with van der Waals surface area (Å²) in [5.41, 5.74) is 0.0698. The van der Waals surface area contributed by atoms with Crippen molar-refractivity contribution >= 4 is 11.6 Å². The molecule has 0 saturated carbocycles. The van der Waals surface area contributed by atoms with Crippen LogP contribution in [0.4, 0.5) is 13.2 Å². The highest BCUT2D eigenvalue weighted by atomic mass is 35.5. The molecule has 0 aliphatic heterocycles. The SMILES string of the molecule is CCNC(c1cccc(Cl)c1)c1cnccc1C(F)(F)F. The van der Waals surface area contributed by atoms with Gasteiger partial charge in [-0.05, 0) is 30.3 Å². The Morgan fingerprint density at radius 3 is 2.67 bits per heavy atom. The molecule has 0 amide bonds. The first-order valence-corrected chi connectivity index (χ1v) is 6.81. The number of nitrogens with zero attached hydrogens (tertiary/aromatic N) is 1. The average molecular weight is 315 g/mol. The van der Waals surface area contributed by atoms with Crippen molar-refractivity contribution in [2.24, 2.45) is 0 Å². The summed E-state index contributed by atoms with van der Waals surface area (Å²) in [6, 6.07) is 7.17. The van der Waals surface area contributed by atoms with Crippen LogP contribution in [0.3, 0.4) is 0 Å². The molecule has 0 saturated heterocycles. The number of halogens is 4. The van der Waals surface area contributed by atoms with Gasteiger partial charge in [-0.25, -0.2) is 0 Å². The predicted molar refractivity (Wildman–Crippen MR) is 76.2 cm³/mol. The summed E-state index contributed by atoms with van der Waals surface area (Å²) in [5.74, 6) is 0. The van der Waals surface area contributed by atoms with Crippen LogP contribution in [0.25, 0.3) is 0 Å². The van der Waals surface area contributed by atoms with Crippen LogP contribution in [0.5, 0.6) is 0 Å². The van der Waals surface area contributed by atoms with Crippen LogP contribution < -0.4 is 5.32 Å². The van der Waals surface area contributed by atoms with Gasteiger partial charge in [0.25, 0.3) is 0 Å². The van der Waals surface area contributed by atoms with Gasteiger partial charge in [0.05, 0.1) is 11.6 Å². The quantitative estimate of drug-likeness (QED) is 0.901. The molecule has 0 fully saturated rings. The number of hydrogen-bond donors (Lipinski definition) is 1. The summed E-state index contributed by atoms with van der Waals surface area (Å²) >= 11 is 5.94. The molecule has 0 aliphatic rings. The Hall–Kier alpha value is -1.59. The highest BCUT2D eigenvalue weighted by molar-refractivity contribution is 6.30. The standard InChI is InChI=1S/C15H14ClF3N2/c1-2-21-14(10-4-3-5-11(16)8-10)12-9-20-7-6-13(12)15(17,18)19/h3-9,14,21H,2H2,1H3. The molecule has 1 unspecified atom stereocenters. The number of benzene rings is 1. The lowest BCUT2D eigenvalue weighted by Crippen LogP contribution is -2.25. The Kier molecular flexibility index (Phi) is 4.85. The largest absolute Gasteiger partial charge is 0.416 e. The fourth-order valence-electron chi connectivity index (χ4n) is 2.19. The molecule has 0 radical (unpaired) electrons. The molecule has 112 valence electrons. The van der Waals surface area contributed by atoms with Gasteiger partial charge in [0.1, 0.15) is 0 Å². The fraction of sp³-hybridized carbons (Fsp3) is 0.267. The van der Waals surface area contributed by atoms with Gasteiger partial charge < -0.3 is 5.32 Å². The maximum atomic E-state index is 13.2. The molecular formula is C15H14ClF3N2. The molecule has 1 heterocycles. The van der Waals surface area contributed by atoms with Crippen LogP contribution >= 0.6 is 11.6 Å². The van der Waals surface area contributed by atoms with Gasteiger partial charge in [-0.15, -0.1) is 0 Å². The minimum absolute atomic E-state index is 0.0918. The molecule has 0 aliphatic carbocycles. The van der Waals surface area contributed by atoms with Crippen LogP contribution in [0, 0.1) is 0 Å². The lowest BCUT2D eigenvalue weighted by atomic mass is 9.96. The van der Waals surface area contributed by atoms with Crippen LogP contribution in [0.1, 0.15) is 29.7 Å². The zero-order valence-electron chi connectivity index (χ0n) is 11.3. The second kappa shape index (κ2) is 6.45. The predicted octanol–water partition coefficient (Wildman–Crippen LogP) is 4.45. The minimum Gasteiger partial charge on any atom is -0.306 e. The van der Waals surface area contributed by atoms with Gasteiger partial charge in [0.15, 0.2) is 0 Å². The molecule has 1 aromatic carbocycles. The van der Waals surface area contributed by atoms with Crippen molar-refractivity contribution in [1.29, 1.82) is 0 Å². The maximum absolute atomic E-state index is 13.2. The summed E-state index contributed by atoms with van der Waals surface area (Å²) in [5, 5.41) is 3.54. The Labute approximate surface area is 126 Å². The van der Waals surface area contributed by atoms with Gasteiger partial charge in [-0.1, -0.05) is 30.7 Å².